The molecule has 3 aliphatic carbocycles. The van der Waals surface area contributed by atoms with Crippen molar-refractivity contribution in [1.29, 1.82) is 0 Å². The number of alkyl carbamates (subject to hydrolysis) is 2. The molecule has 3 aliphatic rings. The summed E-state index contributed by atoms with van der Waals surface area (Å²) in [5, 5.41) is 5.61. The Morgan fingerprint density at radius 1 is 0.881 bits per heavy atom. The van der Waals surface area contributed by atoms with E-state index in [0.29, 0.717) is 93.8 Å². The maximum Gasteiger partial charge on any atom is 0.407 e. The van der Waals surface area contributed by atoms with Gasteiger partial charge in [-0.15, -0.1) is 0 Å². The van der Waals surface area contributed by atoms with Crippen molar-refractivity contribution in [3.05, 3.63) is 24.8 Å². The first-order valence-corrected chi connectivity index (χ1v) is 15.5. The minimum atomic E-state index is -0.438. The first kappa shape index (κ1) is 33.5. The van der Waals surface area contributed by atoms with Crippen LogP contribution in [0.5, 0.6) is 0 Å². The van der Waals surface area contributed by atoms with Crippen LogP contribution in [0, 0.1) is 35.0 Å². The Kier molecular flexibility index (Phi) is 12.7. The van der Waals surface area contributed by atoms with Crippen molar-refractivity contribution in [2.75, 3.05) is 32.9 Å². The smallest absolute Gasteiger partial charge is 0.407 e. The Labute approximate surface area is 250 Å². The molecule has 0 saturated heterocycles. The molecular formula is C32H50N2O8. The fraction of sp³-hybridized carbons (Fsp3) is 0.750. The summed E-state index contributed by atoms with van der Waals surface area (Å²) < 4.78 is 21.4. The van der Waals surface area contributed by atoms with E-state index in [2.05, 4.69) is 30.7 Å². The van der Waals surface area contributed by atoms with E-state index in [1.54, 1.807) is 6.92 Å². The van der Waals surface area contributed by atoms with Gasteiger partial charge in [-0.2, -0.15) is 0 Å². The summed E-state index contributed by atoms with van der Waals surface area (Å²) in [4.78, 5) is 47.0. The lowest BCUT2D eigenvalue weighted by Crippen LogP contribution is -2.36. The molecule has 3 rings (SSSR count). The fourth-order valence-electron chi connectivity index (χ4n) is 7.24. The number of hydrogen-bond donors (Lipinski definition) is 2. The third kappa shape index (κ3) is 10.1. The maximum atomic E-state index is 12.3. The standard InChI is InChI=1S/C32H50N2O8/c1-6-28(35)39-13-9-7-11-33-30(37)41-20-32(5)18-24-15-25(19-32)27-17-23(16-26(24)27)22(4)42-31(38)34-12-8-10-14-40-29(36)21(2)3/h6,22-27H,1-2,7-20H2,3-5H3,(H,33,37)(H,34,38). The van der Waals surface area contributed by atoms with Gasteiger partial charge in [0.25, 0.3) is 0 Å². The largest absolute Gasteiger partial charge is 0.463 e. The number of hydrogen-bond acceptors (Lipinski definition) is 8. The molecule has 10 nitrogen and oxygen atoms in total. The average Bonchev–Trinajstić information content (AvgIpc) is 3.50. The number of unbranched alkanes of at least 4 members (excludes halogenated alkanes) is 2. The predicted octanol–water partition coefficient (Wildman–Crippen LogP) is 5.31. The summed E-state index contributed by atoms with van der Waals surface area (Å²) in [5.41, 5.74) is 0.359. The zero-order chi connectivity index (χ0) is 30.7. The van der Waals surface area contributed by atoms with Crippen LogP contribution in [0.15, 0.2) is 24.8 Å². The van der Waals surface area contributed by atoms with E-state index in [9.17, 15) is 19.2 Å². The van der Waals surface area contributed by atoms with Gasteiger partial charge in [0.2, 0.25) is 0 Å². The van der Waals surface area contributed by atoms with E-state index >= 15 is 0 Å². The summed E-state index contributed by atoms with van der Waals surface area (Å²) in [6.07, 6.45) is 8.44. The van der Waals surface area contributed by atoms with Crippen LogP contribution >= 0.6 is 0 Å². The molecule has 3 fully saturated rings. The van der Waals surface area contributed by atoms with Crippen molar-refractivity contribution in [3.63, 3.8) is 0 Å². The highest BCUT2D eigenvalue weighted by Gasteiger charge is 2.55. The Bertz CT molecular complexity index is 962. The van der Waals surface area contributed by atoms with Gasteiger partial charge in [0.1, 0.15) is 6.10 Å². The fourth-order valence-corrected chi connectivity index (χ4v) is 7.24. The first-order valence-electron chi connectivity index (χ1n) is 15.5. The Hall–Kier alpha value is -3.04. The molecule has 0 heterocycles. The number of carbonyl (C=O) groups is 4. The van der Waals surface area contributed by atoms with Gasteiger partial charge in [-0.25, -0.2) is 19.2 Å². The van der Waals surface area contributed by atoms with Crippen LogP contribution < -0.4 is 10.6 Å². The Balaban J connectivity index is 1.30. The van der Waals surface area contributed by atoms with E-state index in [0.717, 1.165) is 31.8 Å². The molecule has 0 radical (unpaired) electrons. The third-order valence-electron chi connectivity index (χ3n) is 9.21. The lowest BCUT2D eigenvalue weighted by atomic mass is 9.68. The van der Waals surface area contributed by atoms with E-state index in [1.807, 2.05) is 6.92 Å². The molecule has 3 saturated carbocycles. The van der Waals surface area contributed by atoms with Gasteiger partial charge in [-0.3, -0.25) is 0 Å². The molecule has 0 aromatic heterocycles. The van der Waals surface area contributed by atoms with Crippen molar-refractivity contribution in [1.82, 2.24) is 10.6 Å². The molecule has 0 aromatic carbocycles. The number of esters is 2. The Morgan fingerprint density at radius 3 is 2.02 bits per heavy atom. The predicted molar refractivity (Wildman–Crippen MR) is 157 cm³/mol. The van der Waals surface area contributed by atoms with Crippen LogP contribution in [-0.4, -0.2) is 63.1 Å². The molecule has 0 spiro atoms. The van der Waals surface area contributed by atoms with Gasteiger partial charge in [0.15, 0.2) is 0 Å². The van der Waals surface area contributed by atoms with Crippen LogP contribution in [0.4, 0.5) is 9.59 Å². The molecule has 5 atom stereocenters. The zero-order valence-electron chi connectivity index (χ0n) is 25.6. The van der Waals surface area contributed by atoms with Gasteiger partial charge in [0, 0.05) is 30.2 Å². The molecule has 2 N–H and O–H groups in total. The number of ether oxygens (including phenoxy) is 4. The van der Waals surface area contributed by atoms with Crippen LogP contribution in [-0.2, 0) is 28.5 Å². The van der Waals surface area contributed by atoms with E-state index < -0.39 is 24.1 Å². The molecule has 10 heteroatoms. The third-order valence-corrected chi connectivity index (χ3v) is 9.21. The van der Waals surface area contributed by atoms with Gasteiger partial charge < -0.3 is 29.6 Å². The number of amides is 2. The summed E-state index contributed by atoms with van der Waals surface area (Å²) in [5.74, 6) is 2.06. The molecular weight excluding hydrogens is 540 g/mol. The quantitative estimate of drug-likeness (QED) is 0.107. The van der Waals surface area contributed by atoms with Crippen LogP contribution in [0.25, 0.3) is 0 Å². The van der Waals surface area contributed by atoms with E-state index in [1.165, 1.54) is 6.42 Å². The van der Waals surface area contributed by atoms with Gasteiger partial charge in [0.05, 0.1) is 19.8 Å². The molecule has 2 amide bonds. The summed E-state index contributed by atoms with van der Waals surface area (Å²) in [6.45, 7) is 14.7. The number of fused-ring (bicyclic) bond motifs is 5. The highest BCUT2D eigenvalue weighted by atomic mass is 16.6. The summed E-state index contributed by atoms with van der Waals surface area (Å²) >= 11 is 0. The number of nitrogens with one attached hydrogen (secondary N) is 2. The van der Waals surface area contributed by atoms with Crippen molar-refractivity contribution in [2.24, 2.45) is 35.0 Å². The number of rotatable bonds is 16. The van der Waals surface area contributed by atoms with Crippen molar-refractivity contribution >= 4 is 24.1 Å². The molecule has 2 bridgehead atoms. The van der Waals surface area contributed by atoms with Crippen LogP contribution in [0.2, 0.25) is 0 Å². The van der Waals surface area contributed by atoms with Crippen molar-refractivity contribution in [2.45, 2.75) is 84.7 Å². The van der Waals surface area contributed by atoms with Gasteiger partial charge in [-0.1, -0.05) is 20.1 Å². The summed E-state index contributed by atoms with van der Waals surface area (Å²) in [6, 6.07) is 0. The molecule has 236 valence electrons. The van der Waals surface area contributed by atoms with Gasteiger partial charge in [-0.05, 0) is 101 Å². The second kappa shape index (κ2) is 16.0. The van der Waals surface area contributed by atoms with E-state index in [-0.39, 0.29) is 11.5 Å². The second-order valence-corrected chi connectivity index (χ2v) is 12.8. The molecule has 0 aromatic rings. The minimum Gasteiger partial charge on any atom is -0.463 e. The molecule has 0 aliphatic heterocycles. The topological polar surface area (TPSA) is 129 Å². The number of carbonyl (C=O) groups excluding carboxylic acids is 4. The second-order valence-electron chi connectivity index (χ2n) is 12.8. The van der Waals surface area contributed by atoms with E-state index in [4.69, 9.17) is 18.9 Å². The normalized spacial score (nSPS) is 28.1. The highest BCUT2D eigenvalue weighted by molar-refractivity contribution is 5.86. The van der Waals surface area contributed by atoms with Crippen molar-refractivity contribution < 1.29 is 38.1 Å². The van der Waals surface area contributed by atoms with Crippen LogP contribution in [0.1, 0.15) is 78.6 Å². The van der Waals surface area contributed by atoms with Crippen LogP contribution in [0.3, 0.4) is 0 Å². The van der Waals surface area contributed by atoms with Crippen molar-refractivity contribution in [3.8, 4) is 0 Å². The SMILES string of the molecule is C=CC(=O)OCCCCNC(=O)OCC1(C)CC2CC(C1)C1CC(C(C)OC(=O)NCCCCOC(=O)C(=C)C)CC21. The first-order chi connectivity index (χ1) is 20.0. The summed E-state index contributed by atoms with van der Waals surface area (Å²) in [7, 11) is 0. The monoisotopic (exact) mass is 590 g/mol. The lowest BCUT2D eigenvalue weighted by molar-refractivity contribution is -0.139. The Morgan fingerprint density at radius 2 is 1.45 bits per heavy atom. The van der Waals surface area contributed by atoms with Gasteiger partial charge >= 0.3 is 24.1 Å². The maximum absolute atomic E-state index is 12.3. The zero-order valence-corrected chi connectivity index (χ0v) is 25.6. The minimum absolute atomic E-state index is 0.0194. The molecule has 42 heavy (non-hydrogen) atoms. The average molecular weight is 591 g/mol. The lowest BCUT2D eigenvalue weighted by Gasteiger charge is -2.39. The highest BCUT2D eigenvalue weighted by Crippen LogP contribution is 2.62. The molecule has 5 unspecified atom stereocenters.